The number of nitrogens with zero attached hydrogens (tertiary/aromatic N) is 1. The van der Waals surface area contributed by atoms with Crippen molar-refractivity contribution in [3.05, 3.63) is 89.0 Å². The molecule has 0 spiro atoms. The summed E-state index contributed by atoms with van der Waals surface area (Å²) in [5.41, 5.74) is 0.680. The number of hydrogen-bond acceptors (Lipinski definition) is 4. The molecule has 0 aromatic heterocycles. The molecule has 1 aliphatic rings. The Morgan fingerprint density at radius 2 is 1.62 bits per heavy atom. The molecular formula is C24H20F3NO4. The summed E-state index contributed by atoms with van der Waals surface area (Å²) in [6.07, 6.45) is -4.53. The summed E-state index contributed by atoms with van der Waals surface area (Å²) in [6, 6.07) is 16.9. The molecule has 1 heterocycles. The highest BCUT2D eigenvalue weighted by Crippen LogP contribution is 2.33. The van der Waals surface area contributed by atoms with Gasteiger partial charge in [-0.05, 0) is 53.6 Å². The van der Waals surface area contributed by atoms with Gasteiger partial charge in [-0.3, -0.25) is 4.79 Å². The van der Waals surface area contributed by atoms with E-state index in [2.05, 4.69) is 0 Å². The van der Waals surface area contributed by atoms with E-state index in [9.17, 15) is 18.0 Å². The first kappa shape index (κ1) is 21.5. The maximum absolute atomic E-state index is 13.3. The Bertz CT molecular complexity index is 1110. The first-order chi connectivity index (χ1) is 15.3. The van der Waals surface area contributed by atoms with E-state index < -0.39 is 17.6 Å². The quantitative estimate of drug-likeness (QED) is 0.520. The number of carbonyl (C=O) groups excluding carboxylic acids is 1. The van der Waals surface area contributed by atoms with E-state index in [1.54, 1.807) is 37.4 Å². The van der Waals surface area contributed by atoms with Gasteiger partial charge in [-0.15, -0.1) is 0 Å². The van der Waals surface area contributed by atoms with Gasteiger partial charge in [0, 0.05) is 18.7 Å². The lowest BCUT2D eigenvalue weighted by molar-refractivity contribution is -0.137. The smallest absolute Gasteiger partial charge is 0.416 e. The van der Waals surface area contributed by atoms with Crippen LogP contribution in [0.15, 0.2) is 66.7 Å². The Hall–Kier alpha value is -3.68. The number of fused-ring (bicyclic) bond motifs is 1. The highest BCUT2D eigenvalue weighted by molar-refractivity contribution is 5.94. The van der Waals surface area contributed by atoms with Crippen molar-refractivity contribution in [2.45, 2.75) is 19.3 Å². The summed E-state index contributed by atoms with van der Waals surface area (Å²) >= 11 is 0. The monoisotopic (exact) mass is 443 g/mol. The SMILES string of the molecule is COc1ccc(CN(Cc2ccc3c(c2)OCO3)C(=O)c2cccc(C(F)(F)F)c2)cc1. The first-order valence-electron chi connectivity index (χ1n) is 9.81. The second-order valence-electron chi connectivity index (χ2n) is 7.28. The minimum atomic E-state index is -4.53. The minimum Gasteiger partial charge on any atom is -0.497 e. The van der Waals surface area contributed by atoms with Crippen LogP contribution in [0.1, 0.15) is 27.0 Å². The number of rotatable bonds is 6. The van der Waals surface area contributed by atoms with Gasteiger partial charge in [0.2, 0.25) is 6.79 Å². The van der Waals surface area contributed by atoms with Crippen molar-refractivity contribution >= 4 is 5.91 Å². The normalized spacial score (nSPS) is 12.5. The predicted molar refractivity (Wildman–Crippen MR) is 111 cm³/mol. The standard InChI is InChI=1S/C24H20F3NO4/c1-30-20-8-5-16(6-9-20)13-28(14-17-7-10-21-22(11-17)32-15-31-21)23(29)18-3-2-4-19(12-18)24(25,26)27/h2-12H,13-15H2,1H3. The van der Waals surface area contributed by atoms with Gasteiger partial charge in [0.25, 0.3) is 5.91 Å². The summed E-state index contributed by atoms with van der Waals surface area (Å²) < 4.78 is 55.4. The van der Waals surface area contributed by atoms with Crippen LogP contribution in [0.3, 0.4) is 0 Å². The van der Waals surface area contributed by atoms with Crippen molar-refractivity contribution in [3.8, 4) is 17.2 Å². The van der Waals surface area contributed by atoms with Crippen molar-refractivity contribution in [2.24, 2.45) is 0 Å². The molecule has 0 atom stereocenters. The second kappa shape index (κ2) is 8.82. The number of methoxy groups -OCH3 is 1. The zero-order valence-electron chi connectivity index (χ0n) is 17.2. The molecule has 0 fully saturated rings. The van der Waals surface area contributed by atoms with E-state index in [0.29, 0.717) is 17.2 Å². The average molecular weight is 443 g/mol. The first-order valence-corrected chi connectivity index (χ1v) is 9.81. The Morgan fingerprint density at radius 3 is 2.34 bits per heavy atom. The van der Waals surface area contributed by atoms with Crippen molar-refractivity contribution < 1.29 is 32.2 Å². The van der Waals surface area contributed by atoms with Crippen molar-refractivity contribution in [3.63, 3.8) is 0 Å². The zero-order chi connectivity index (χ0) is 22.7. The maximum Gasteiger partial charge on any atom is 0.416 e. The van der Waals surface area contributed by atoms with Gasteiger partial charge in [0.15, 0.2) is 11.5 Å². The Morgan fingerprint density at radius 1 is 0.938 bits per heavy atom. The molecular weight excluding hydrogens is 423 g/mol. The third kappa shape index (κ3) is 4.80. The van der Waals surface area contributed by atoms with Crippen molar-refractivity contribution in [1.82, 2.24) is 4.90 Å². The number of hydrogen-bond donors (Lipinski definition) is 0. The van der Waals surface area contributed by atoms with Crippen LogP contribution in [-0.4, -0.2) is 24.7 Å². The van der Waals surface area contributed by atoms with Crippen molar-refractivity contribution in [1.29, 1.82) is 0 Å². The van der Waals surface area contributed by atoms with Crippen LogP contribution in [-0.2, 0) is 19.3 Å². The molecule has 8 heteroatoms. The Kier molecular flexibility index (Phi) is 5.94. The fourth-order valence-corrected chi connectivity index (χ4v) is 3.42. The fourth-order valence-electron chi connectivity index (χ4n) is 3.42. The van der Waals surface area contributed by atoms with Gasteiger partial charge in [-0.25, -0.2) is 0 Å². The molecule has 4 rings (SSSR count). The second-order valence-corrected chi connectivity index (χ2v) is 7.28. The molecule has 166 valence electrons. The largest absolute Gasteiger partial charge is 0.497 e. The molecule has 0 saturated heterocycles. The number of benzene rings is 3. The summed E-state index contributed by atoms with van der Waals surface area (Å²) in [6.45, 7) is 0.503. The number of halogens is 3. The maximum atomic E-state index is 13.3. The van der Waals surface area contributed by atoms with Crippen LogP contribution in [0.25, 0.3) is 0 Å². The number of ether oxygens (including phenoxy) is 3. The average Bonchev–Trinajstić information content (AvgIpc) is 3.26. The van der Waals surface area contributed by atoms with Gasteiger partial charge < -0.3 is 19.1 Å². The van der Waals surface area contributed by atoms with Crippen molar-refractivity contribution in [2.75, 3.05) is 13.9 Å². The highest BCUT2D eigenvalue weighted by Gasteiger charge is 2.31. The van der Waals surface area contributed by atoms with Crippen LogP contribution in [0.2, 0.25) is 0 Å². The Labute approximate surface area is 182 Å². The summed E-state index contributed by atoms with van der Waals surface area (Å²) in [7, 11) is 1.55. The number of amides is 1. The van der Waals surface area contributed by atoms with Crippen LogP contribution in [0, 0.1) is 0 Å². The van der Waals surface area contributed by atoms with E-state index in [-0.39, 0.29) is 25.4 Å². The third-order valence-corrected chi connectivity index (χ3v) is 5.07. The zero-order valence-corrected chi connectivity index (χ0v) is 17.2. The van der Waals surface area contributed by atoms with E-state index in [0.717, 1.165) is 23.3 Å². The molecule has 0 unspecified atom stereocenters. The van der Waals surface area contributed by atoms with Gasteiger partial charge in [0.1, 0.15) is 5.75 Å². The third-order valence-electron chi connectivity index (χ3n) is 5.07. The van der Waals surface area contributed by atoms with Crippen LogP contribution in [0.5, 0.6) is 17.2 Å². The molecule has 0 bridgehead atoms. The topological polar surface area (TPSA) is 48.0 Å². The molecule has 1 aliphatic heterocycles. The molecule has 1 amide bonds. The molecule has 0 aliphatic carbocycles. The minimum absolute atomic E-state index is 0.0333. The lowest BCUT2D eigenvalue weighted by Gasteiger charge is -2.24. The van der Waals surface area contributed by atoms with Crippen LogP contribution in [0.4, 0.5) is 13.2 Å². The molecule has 0 N–H and O–H groups in total. The van der Waals surface area contributed by atoms with E-state index in [4.69, 9.17) is 14.2 Å². The molecule has 5 nitrogen and oxygen atoms in total. The lowest BCUT2D eigenvalue weighted by atomic mass is 10.1. The summed E-state index contributed by atoms with van der Waals surface area (Å²) in [5, 5.41) is 0. The number of carbonyl (C=O) groups is 1. The fraction of sp³-hybridized carbons (Fsp3) is 0.208. The molecule has 3 aromatic rings. The lowest BCUT2D eigenvalue weighted by Crippen LogP contribution is -2.30. The summed E-state index contributed by atoms with van der Waals surface area (Å²) in [5.74, 6) is 1.34. The predicted octanol–water partition coefficient (Wildman–Crippen LogP) is 5.29. The summed E-state index contributed by atoms with van der Waals surface area (Å²) in [4.78, 5) is 14.8. The van der Waals surface area contributed by atoms with Gasteiger partial charge in [0.05, 0.1) is 12.7 Å². The van der Waals surface area contributed by atoms with Gasteiger partial charge in [-0.1, -0.05) is 24.3 Å². The highest BCUT2D eigenvalue weighted by atomic mass is 19.4. The van der Waals surface area contributed by atoms with E-state index >= 15 is 0 Å². The molecule has 3 aromatic carbocycles. The molecule has 0 radical (unpaired) electrons. The van der Waals surface area contributed by atoms with E-state index in [1.807, 2.05) is 12.1 Å². The molecule has 0 saturated carbocycles. The van der Waals surface area contributed by atoms with Crippen LogP contribution >= 0.6 is 0 Å². The Balaban J connectivity index is 1.63. The number of alkyl halides is 3. The van der Waals surface area contributed by atoms with Crippen LogP contribution < -0.4 is 14.2 Å². The molecule has 32 heavy (non-hydrogen) atoms. The van der Waals surface area contributed by atoms with E-state index in [1.165, 1.54) is 17.0 Å². The van der Waals surface area contributed by atoms with Gasteiger partial charge >= 0.3 is 6.18 Å². The van der Waals surface area contributed by atoms with Gasteiger partial charge in [-0.2, -0.15) is 13.2 Å².